The summed E-state index contributed by atoms with van der Waals surface area (Å²) >= 11 is 2.52. The van der Waals surface area contributed by atoms with Crippen molar-refractivity contribution in [2.75, 3.05) is 5.32 Å². The van der Waals surface area contributed by atoms with Crippen LogP contribution in [-0.2, 0) is 11.2 Å². The summed E-state index contributed by atoms with van der Waals surface area (Å²) in [7, 11) is 0. The van der Waals surface area contributed by atoms with Crippen molar-refractivity contribution in [3.8, 4) is 17.0 Å². The number of carbonyl (C=O) groups is 1. The zero-order valence-electron chi connectivity index (χ0n) is 18.8. The second kappa shape index (κ2) is 10.8. The Morgan fingerprint density at radius 3 is 2.59 bits per heavy atom. The topological polar surface area (TPSA) is 90.1 Å². The van der Waals surface area contributed by atoms with Gasteiger partial charge in [0.1, 0.15) is 11.6 Å². The second-order valence-electron chi connectivity index (χ2n) is 7.46. The molecule has 2 heterocycles. The van der Waals surface area contributed by atoms with Crippen LogP contribution in [0.15, 0.2) is 63.6 Å². The molecule has 4 aromatic rings. The van der Waals surface area contributed by atoms with Gasteiger partial charge in [-0.15, -0.1) is 21.5 Å². The van der Waals surface area contributed by atoms with Crippen molar-refractivity contribution in [3.63, 3.8) is 0 Å². The summed E-state index contributed by atoms with van der Waals surface area (Å²) in [5.41, 5.74) is 3.09. The molecule has 1 amide bonds. The van der Waals surface area contributed by atoms with Crippen molar-refractivity contribution in [3.05, 3.63) is 71.2 Å². The third-order valence-corrected chi connectivity index (χ3v) is 6.63. The number of carbonyl (C=O) groups excluding carboxylic acids is 1. The van der Waals surface area contributed by atoms with Crippen LogP contribution >= 0.6 is 23.1 Å². The first kappa shape index (κ1) is 23.9. The molecule has 1 N–H and O–H groups in total. The van der Waals surface area contributed by atoms with E-state index in [0.29, 0.717) is 10.9 Å². The highest BCUT2D eigenvalue weighted by atomic mass is 32.2. The molecule has 176 valence electrons. The van der Waals surface area contributed by atoms with Crippen LogP contribution in [0.4, 0.5) is 9.52 Å². The van der Waals surface area contributed by atoms with Gasteiger partial charge in [-0.3, -0.25) is 4.79 Å². The van der Waals surface area contributed by atoms with Gasteiger partial charge in [0.25, 0.3) is 11.1 Å². The van der Waals surface area contributed by atoms with Crippen LogP contribution in [0.25, 0.3) is 11.3 Å². The second-order valence-corrected chi connectivity index (χ2v) is 9.61. The van der Waals surface area contributed by atoms with Gasteiger partial charge in [0.2, 0.25) is 5.91 Å². The minimum absolute atomic E-state index is 0.220. The fourth-order valence-corrected chi connectivity index (χ4v) is 4.40. The Bertz CT molecular complexity index is 1240. The maximum atomic E-state index is 13.0. The van der Waals surface area contributed by atoms with E-state index in [1.807, 2.05) is 17.5 Å². The minimum Gasteiger partial charge on any atom is -0.481 e. The molecule has 10 heteroatoms. The molecular weight excluding hydrogens is 475 g/mol. The molecule has 0 radical (unpaired) electrons. The molecular formula is C24H23FN4O3S2. The standard InChI is InChI=1S/C24H23FN4O3S2/c1-4-16-5-7-17(8-6-16)20-13-33-23(26-20)27-21(30)15(3)34-24-29-28-22(32-24)14(2)31-19-11-9-18(25)10-12-19/h5-15H,4H2,1-3H3,(H,26,27,30)/t14-,15-/m0/s1. The quantitative estimate of drug-likeness (QED) is 0.277. The molecule has 0 aliphatic rings. The van der Waals surface area contributed by atoms with Crippen LogP contribution in [0.5, 0.6) is 5.75 Å². The summed E-state index contributed by atoms with van der Waals surface area (Å²) in [6.45, 7) is 5.61. The summed E-state index contributed by atoms with van der Waals surface area (Å²) in [6.07, 6.45) is 0.451. The Labute approximate surface area is 204 Å². The first-order chi connectivity index (χ1) is 16.4. The number of hydrogen-bond donors (Lipinski definition) is 1. The van der Waals surface area contributed by atoms with Gasteiger partial charge in [0.05, 0.1) is 10.9 Å². The van der Waals surface area contributed by atoms with Gasteiger partial charge in [-0.05, 0) is 50.1 Å². The number of benzene rings is 2. The van der Waals surface area contributed by atoms with Crippen LogP contribution in [0, 0.1) is 5.82 Å². The fourth-order valence-electron chi connectivity index (χ4n) is 2.99. The monoisotopic (exact) mass is 498 g/mol. The molecule has 7 nitrogen and oxygen atoms in total. The number of hydrogen-bond acceptors (Lipinski definition) is 8. The van der Waals surface area contributed by atoms with Crippen LogP contribution in [0.3, 0.4) is 0 Å². The van der Waals surface area contributed by atoms with Gasteiger partial charge in [0, 0.05) is 10.9 Å². The number of thiazole rings is 1. The molecule has 0 saturated carbocycles. The smallest absolute Gasteiger partial charge is 0.277 e. The zero-order valence-corrected chi connectivity index (χ0v) is 20.5. The highest BCUT2D eigenvalue weighted by Crippen LogP contribution is 2.29. The predicted octanol–water partition coefficient (Wildman–Crippen LogP) is 6.15. The van der Waals surface area contributed by atoms with E-state index in [9.17, 15) is 9.18 Å². The van der Waals surface area contributed by atoms with Gasteiger partial charge in [-0.1, -0.05) is 43.0 Å². The Hall–Kier alpha value is -3.24. The molecule has 2 atom stereocenters. The number of amides is 1. The van der Waals surface area contributed by atoms with Crippen molar-refractivity contribution >= 4 is 34.1 Å². The Morgan fingerprint density at radius 1 is 1.15 bits per heavy atom. The molecule has 2 aromatic heterocycles. The van der Waals surface area contributed by atoms with E-state index in [1.165, 1.54) is 41.2 Å². The summed E-state index contributed by atoms with van der Waals surface area (Å²) in [5, 5.41) is 13.0. The van der Waals surface area contributed by atoms with E-state index in [0.717, 1.165) is 29.4 Å². The van der Waals surface area contributed by atoms with Gasteiger partial charge in [-0.2, -0.15) is 0 Å². The fraction of sp³-hybridized carbons (Fsp3) is 0.250. The van der Waals surface area contributed by atoms with E-state index in [-0.39, 0.29) is 22.8 Å². The first-order valence-corrected chi connectivity index (χ1v) is 12.4. The van der Waals surface area contributed by atoms with Crippen molar-refractivity contribution < 1.29 is 18.3 Å². The molecule has 0 bridgehead atoms. The normalized spacial score (nSPS) is 12.8. The van der Waals surface area contributed by atoms with E-state index >= 15 is 0 Å². The lowest BCUT2D eigenvalue weighted by Gasteiger charge is -2.10. The average molecular weight is 499 g/mol. The summed E-state index contributed by atoms with van der Waals surface area (Å²) < 4.78 is 24.4. The molecule has 0 saturated heterocycles. The largest absolute Gasteiger partial charge is 0.481 e. The third-order valence-electron chi connectivity index (χ3n) is 4.94. The lowest BCUT2D eigenvalue weighted by Crippen LogP contribution is -2.22. The molecule has 34 heavy (non-hydrogen) atoms. The number of aromatic nitrogens is 3. The van der Waals surface area contributed by atoms with Crippen LogP contribution in [0.1, 0.15) is 38.3 Å². The Morgan fingerprint density at radius 2 is 1.88 bits per heavy atom. The number of halogens is 1. The molecule has 0 unspecified atom stereocenters. The van der Waals surface area contributed by atoms with Crippen molar-refractivity contribution in [1.82, 2.24) is 15.2 Å². The van der Waals surface area contributed by atoms with Crippen LogP contribution < -0.4 is 10.1 Å². The summed E-state index contributed by atoms with van der Waals surface area (Å²) in [4.78, 5) is 17.2. The van der Waals surface area contributed by atoms with Crippen molar-refractivity contribution in [1.29, 1.82) is 0 Å². The summed E-state index contributed by atoms with van der Waals surface area (Å²) in [5.74, 6) is 0.183. The van der Waals surface area contributed by atoms with E-state index in [2.05, 4.69) is 39.6 Å². The van der Waals surface area contributed by atoms with Gasteiger partial charge in [-0.25, -0.2) is 9.37 Å². The molecule has 0 spiro atoms. The Kier molecular flexibility index (Phi) is 7.59. The number of ether oxygens (including phenoxy) is 1. The highest BCUT2D eigenvalue weighted by Gasteiger charge is 2.22. The van der Waals surface area contributed by atoms with Gasteiger partial charge >= 0.3 is 0 Å². The van der Waals surface area contributed by atoms with Crippen LogP contribution in [0.2, 0.25) is 0 Å². The number of nitrogens with zero attached hydrogens (tertiary/aromatic N) is 3. The first-order valence-electron chi connectivity index (χ1n) is 10.7. The average Bonchev–Trinajstić information content (AvgIpc) is 3.50. The molecule has 0 aliphatic heterocycles. The maximum absolute atomic E-state index is 13.0. The van der Waals surface area contributed by atoms with E-state index in [4.69, 9.17) is 9.15 Å². The summed E-state index contributed by atoms with van der Waals surface area (Å²) in [6, 6.07) is 13.9. The molecule has 2 aromatic carbocycles. The van der Waals surface area contributed by atoms with Crippen molar-refractivity contribution in [2.45, 2.75) is 43.8 Å². The zero-order chi connectivity index (χ0) is 24.1. The van der Waals surface area contributed by atoms with Crippen molar-refractivity contribution in [2.24, 2.45) is 0 Å². The predicted molar refractivity (Wildman–Crippen MR) is 131 cm³/mol. The van der Waals surface area contributed by atoms with Gasteiger partial charge in [0.15, 0.2) is 11.2 Å². The number of rotatable bonds is 9. The lowest BCUT2D eigenvalue weighted by molar-refractivity contribution is -0.115. The number of nitrogens with one attached hydrogen (secondary N) is 1. The van der Waals surface area contributed by atoms with Gasteiger partial charge < -0.3 is 14.5 Å². The number of aryl methyl sites for hydroxylation is 1. The molecule has 4 rings (SSSR count). The third kappa shape index (κ3) is 6.00. The van der Waals surface area contributed by atoms with E-state index in [1.54, 1.807) is 13.8 Å². The molecule has 0 fully saturated rings. The Balaban J connectivity index is 1.32. The van der Waals surface area contributed by atoms with Crippen LogP contribution in [-0.4, -0.2) is 26.3 Å². The number of thioether (sulfide) groups is 1. The minimum atomic E-state index is -0.531. The number of anilines is 1. The maximum Gasteiger partial charge on any atom is 0.277 e. The molecule has 0 aliphatic carbocycles. The lowest BCUT2D eigenvalue weighted by atomic mass is 10.1. The van der Waals surface area contributed by atoms with E-state index < -0.39 is 11.4 Å². The SMILES string of the molecule is CCc1ccc(-c2csc(NC(=O)[C@H](C)Sc3nnc([C@H](C)Oc4ccc(F)cc4)o3)n2)cc1. The highest BCUT2D eigenvalue weighted by molar-refractivity contribution is 8.00.